The number of hydrogen-bond donors (Lipinski definition) is 2. The van der Waals surface area contributed by atoms with E-state index in [2.05, 4.69) is 112 Å². The average Bonchev–Trinajstić information content (AvgIpc) is 3.77. The molecule has 0 unspecified atom stereocenters. The smallest absolute Gasteiger partial charge is 0.243 e. The highest BCUT2D eigenvalue weighted by Gasteiger charge is 2.21. The molecule has 0 radical (unpaired) electrons. The molecule has 8 aromatic rings. The van der Waals surface area contributed by atoms with Gasteiger partial charge in [0, 0.05) is 23.5 Å². The van der Waals surface area contributed by atoms with Crippen LogP contribution in [-0.2, 0) is 10.8 Å². The number of aromatic nitrogens is 4. The van der Waals surface area contributed by atoms with Gasteiger partial charge in [0.05, 0.1) is 20.4 Å². The number of thiazole rings is 2. The Bertz CT molecular complexity index is 2620. The zero-order valence-corrected chi connectivity index (χ0v) is 34.6. The van der Waals surface area contributed by atoms with Crippen LogP contribution in [0, 0.1) is 13.8 Å². The molecule has 0 bridgehead atoms. The SMILES string of the molecule is Cc1ccc2sc(Nc3cccnc3Oc3ccccc3C(C)(C)C)nc2c1.Cc1cccc2nc(Nc3cccnc3Oc3ccccc3C(C)(C)C)sc12. The van der Waals surface area contributed by atoms with Crippen molar-refractivity contribution >= 4 is 64.7 Å². The topological polar surface area (TPSA) is 94.1 Å². The number of anilines is 4. The summed E-state index contributed by atoms with van der Waals surface area (Å²) >= 11 is 3.25. The molecule has 0 saturated heterocycles. The van der Waals surface area contributed by atoms with Crippen LogP contribution in [0.5, 0.6) is 23.3 Å². The molecule has 0 aliphatic heterocycles. The molecule has 0 aliphatic rings. The Labute approximate surface area is 336 Å². The Balaban J connectivity index is 0.000000172. The van der Waals surface area contributed by atoms with Crippen molar-refractivity contribution in [1.29, 1.82) is 0 Å². The Hall–Kier alpha value is -5.84. The van der Waals surface area contributed by atoms with Crippen molar-refractivity contribution in [2.75, 3.05) is 10.6 Å². The first-order chi connectivity index (χ1) is 26.8. The zero-order valence-electron chi connectivity index (χ0n) is 33.0. The first-order valence-electron chi connectivity index (χ1n) is 18.5. The van der Waals surface area contributed by atoms with Gasteiger partial charge in [0.25, 0.3) is 0 Å². The fourth-order valence-electron chi connectivity index (χ4n) is 6.15. The summed E-state index contributed by atoms with van der Waals surface area (Å²) < 4.78 is 14.8. The van der Waals surface area contributed by atoms with Crippen molar-refractivity contribution in [1.82, 2.24) is 19.9 Å². The number of pyridine rings is 2. The minimum atomic E-state index is -0.0243. The van der Waals surface area contributed by atoms with Gasteiger partial charge in [-0.25, -0.2) is 19.9 Å². The Morgan fingerprint density at radius 1 is 0.536 bits per heavy atom. The Morgan fingerprint density at radius 2 is 1.07 bits per heavy atom. The molecule has 0 aliphatic carbocycles. The third-order valence-corrected chi connectivity index (χ3v) is 11.1. The van der Waals surface area contributed by atoms with E-state index in [0.29, 0.717) is 11.8 Å². The number of hydrogen-bond acceptors (Lipinski definition) is 10. The fraction of sp³-hybridized carbons (Fsp3) is 0.217. The van der Waals surface area contributed by atoms with Gasteiger partial charge < -0.3 is 20.1 Å². The van der Waals surface area contributed by atoms with Gasteiger partial charge in [0.2, 0.25) is 11.8 Å². The normalized spacial score (nSPS) is 11.6. The highest BCUT2D eigenvalue weighted by atomic mass is 32.1. The quantitative estimate of drug-likeness (QED) is 0.157. The van der Waals surface area contributed by atoms with E-state index in [9.17, 15) is 0 Å². The largest absolute Gasteiger partial charge is 0.437 e. The molecule has 0 amide bonds. The number of aryl methyl sites for hydroxylation is 2. The van der Waals surface area contributed by atoms with E-state index in [1.165, 1.54) is 15.8 Å². The average molecular weight is 779 g/mol. The molecule has 284 valence electrons. The van der Waals surface area contributed by atoms with Crippen LogP contribution >= 0.6 is 22.7 Å². The second-order valence-corrected chi connectivity index (χ2v) is 17.6. The summed E-state index contributed by atoms with van der Waals surface area (Å²) in [6.07, 6.45) is 3.48. The van der Waals surface area contributed by atoms with Crippen LogP contribution in [0.1, 0.15) is 63.8 Å². The minimum Gasteiger partial charge on any atom is -0.437 e. The van der Waals surface area contributed by atoms with Crippen molar-refractivity contribution < 1.29 is 9.47 Å². The van der Waals surface area contributed by atoms with Gasteiger partial charge in [-0.05, 0) is 90.4 Å². The van der Waals surface area contributed by atoms with Crippen molar-refractivity contribution in [3.63, 3.8) is 0 Å². The highest BCUT2D eigenvalue weighted by Crippen LogP contribution is 2.39. The maximum Gasteiger partial charge on any atom is 0.243 e. The van der Waals surface area contributed by atoms with Gasteiger partial charge in [-0.1, -0.05) is 119 Å². The standard InChI is InChI=1S/2C23H23N3OS/c1-15-9-7-11-17-20(15)28-22(25-17)26-18-12-8-14-24-21(18)27-19-13-6-5-10-16(19)23(2,3)4;1-15-11-12-20-18(14-15)26-22(28-20)25-17-9-7-13-24-21(17)27-19-10-6-5-8-16(19)23(2,3)4/h2*5-14H,1-4H3,(H,25,26). The van der Waals surface area contributed by atoms with E-state index in [4.69, 9.17) is 19.4 Å². The zero-order chi connectivity index (χ0) is 39.5. The number of rotatable bonds is 8. The summed E-state index contributed by atoms with van der Waals surface area (Å²) in [4.78, 5) is 18.3. The number of nitrogens with zero attached hydrogens (tertiary/aromatic N) is 4. The van der Waals surface area contributed by atoms with Gasteiger partial charge in [-0.15, -0.1) is 0 Å². The van der Waals surface area contributed by atoms with Gasteiger partial charge >= 0.3 is 0 Å². The molecule has 0 spiro atoms. The van der Waals surface area contributed by atoms with Crippen LogP contribution in [0.2, 0.25) is 0 Å². The molecular formula is C46H46N6O2S2. The van der Waals surface area contributed by atoms with Crippen LogP contribution in [0.4, 0.5) is 21.6 Å². The van der Waals surface area contributed by atoms with Crippen LogP contribution in [-0.4, -0.2) is 19.9 Å². The maximum atomic E-state index is 6.24. The molecule has 0 fully saturated rings. The van der Waals surface area contributed by atoms with E-state index in [0.717, 1.165) is 60.0 Å². The molecule has 0 atom stereocenters. The summed E-state index contributed by atoms with van der Waals surface area (Å²) in [5.41, 5.74) is 8.24. The van der Waals surface area contributed by atoms with Gasteiger partial charge in [-0.2, -0.15) is 0 Å². The molecule has 10 heteroatoms. The molecule has 2 N–H and O–H groups in total. The number of fused-ring (bicyclic) bond motifs is 2. The minimum absolute atomic E-state index is 0.0240. The van der Waals surface area contributed by atoms with Gasteiger partial charge in [-0.3, -0.25) is 0 Å². The summed E-state index contributed by atoms with van der Waals surface area (Å²) in [7, 11) is 0. The lowest BCUT2D eigenvalue weighted by Gasteiger charge is -2.22. The summed E-state index contributed by atoms with van der Waals surface area (Å²) in [6.45, 7) is 17.2. The maximum absolute atomic E-state index is 6.24. The summed E-state index contributed by atoms with van der Waals surface area (Å²) in [5.74, 6) is 2.71. The Kier molecular flexibility index (Phi) is 11.0. The highest BCUT2D eigenvalue weighted by molar-refractivity contribution is 7.22. The number of ether oxygens (including phenoxy) is 2. The van der Waals surface area contributed by atoms with Crippen LogP contribution in [0.25, 0.3) is 20.4 Å². The predicted octanol–water partition coefficient (Wildman–Crippen LogP) is 13.7. The van der Waals surface area contributed by atoms with E-state index in [1.54, 1.807) is 35.1 Å². The van der Waals surface area contributed by atoms with Crippen molar-refractivity contribution in [3.05, 3.63) is 144 Å². The van der Waals surface area contributed by atoms with Crippen molar-refractivity contribution in [2.45, 2.75) is 66.2 Å². The predicted molar refractivity (Wildman–Crippen MR) is 234 cm³/mol. The van der Waals surface area contributed by atoms with Crippen LogP contribution < -0.4 is 20.1 Å². The third-order valence-electron chi connectivity index (χ3n) is 8.98. The molecule has 4 heterocycles. The lowest BCUT2D eigenvalue weighted by molar-refractivity contribution is 0.441. The van der Waals surface area contributed by atoms with E-state index in [1.807, 2.05) is 72.8 Å². The molecule has 8 rings (SSSR count). The van der Waals surface area contributed by atoms with Crippen LogP contribution in [0.15, 0.2) is 122 Å². The number of nitrogens with one attached hydrogen (secondary N) is 2. The first kappa shape index (κ1) is 38.4. The van der Waals surface area contributed by atoms with Gasteiger partial charge in [0.15, 0.2) is 10.3 Å². The summed E-state index contributed by atoms with van der Waals surface area (Å²) in [6, 6.07) is 36.4. The van der Waals surface area contributed by atoms with Crippen LogP contribution in [0.3, 0.4) is 0 Å². The Morgan fingerprint density at radius 3 is 1.62 bits per heavy atom. The van der Waals surface area contributed by atoms with Gasteiger partial charge in [0.1, 0.15) is 22.9 Å². The number of para-hydroxylation sites is 2. The molecule has 8 nitrogen and oxygen atoms in total. The van der Waals surface area contributed by atoms with E-state index < -0.39 is 0 Å². The monoisotopic (exact) mass is 778 g/mol. The molecule has 4 aromatic heterocycles. The fourth-order valence-corrected chi connectivity index (χ4v) is 7.96. The van der Waals surface area contributed by atoms with E-state index >= 15 is 0 Å². The molecule has 56 heavy (non-hydrogen) atoms. The van der Waals surface area contributed by atoms with E-state index in [-0.39, 0.29) is 10.8 Å². The summed E-state index contributed by atoms with van der Waals surface area (Å²) in [5, 5.41) is 8.41. The first-order valence-corrected chi connectivity index (χ1v) is 20.2. The van der Waals surface area contributed by atoms with Crippen molar-refractivity contribution in [3.8, 4) is 23.3 Å². The van der Waals surface area contributed by atoms with Crippen molar-refractivity contribution in [2.24, 2.45) is 0 Å². The second-order valence-electron chi connectivity index (χ2n) is 15.6. The second kappa shape index (κ2) is 16.1. The lowest BCUT2D eigenvalue weighted by atomic mass is 9.86. The molecular weight excluding hydrogens is 733 g/mol. The molecule has 0 saturated carbocycles. The third kappa shape index (κ3) is 8.99. The molecule has 4 aromatic carbocycles. The number of benzene rings is 4. The lowest BCUT2D eigenvalue weighted by Crippen LogP contribution is -2.12.